The number of nitrogens with one attached hydrogen (secondary N) is 1. The highest BCUT2D eigenvalue weighted by Gasteiger charge is 2.20. The number of hydrogen-bond acceptors (Lipinski definition) is 3. The molecule has 0 radical (unpaired) electrons. The molecule has 100 valence electrons. The maximum absolute atomic E-state index is 11.6. The van der Waals surface area contributed by atoms with Crippen molar-refractivity contribution >= 4 is 12.0 Å². The number of carboxylic acid groups (broad SMARTS) is 1. The first kappa shape index (κ1) is 15.7. The molecule has 0 aromatic carbocycles. The van der Waals surface area contributed by atoms with Crippen molar-refractivity contribution in [1.29, 1.82) is 0 Å². The fourth-order valence-corrected chi connectivity index (χ4v) is 1.25. The largest absolute Gasteiger partial charge is 0.480 e. The average Bonchev–Trinajstić information content (AvgIpc) is 2.30. The minimum Gasteiger partial charge on any atom is -0.480 e. The summed E-state index contributed by atoms with van der Waals surface area (Å²) in [6.45, 7) is 2.84. The quantitative estimate of drug-likeness (QED) is 0.667. The summed E-state index contributed by atoms with van der Waals surface area (Å²) in [6, 6.07) is -1.20. The highest BCUT2D eigenvalue weighted by atomic mass is 16.5. The zero-order chi connectivity index (χ0) is 13.3. The van der Waals surface area contributed by atoms with Crippen molar-refractivity contribution in [2.75, 3.05) is 27.3 Å². The molecule has 0 fully saturated rings. The Bertz CT molecular complexity index is 246. The first-order valence-corrected chi connectivity index (χ1v) is 5.76. The Morgan fingerprint density at radius 2 is 2.12 bits per heavy atom. The summed E-state index contributed by atoms with van der Waals surface area (Å²) in [5.74, 6) is -0.994. The van der Waals surface area contributed by atoms with Gasteiger partial charge in [-0.25, -0.2) is 9.59 Å². The number of carboxylic acids is 1. The van der Waals surface area contributed by atoms with E-state index in [4.69, 9.17) is 9.84 Å². The van der Waals surface area contributed by atoms with Crippen LogP contribution in [0.5, 0.6) is 0 Å². The van der Waals surface area contributed by atoms with Crippen LogP contribution in [0.2, 0.25) is 0 Å². The van der Waals surface area contributed by atoms with E-state index in [1.165, 1.54) is 4.90 Å². The second-order valence-electron chi connectivity index (χ2n) is 3.90. The van der Waals surface area contributed by atoms with E-state index in [1.54, 1.807) is 14.2 Å². The summed E-state index contributed by atoms with van der Waals surface area (Å²) in [5, 5.41) is 11.4. The lowest BCUT2D eigenvalue weighted by Gasteiger charge is -2.21. The fourth-order valence-electron chi connectivity index (χ4n) is 1.25. The number of amides is 2. The van der Waals surface area contributed by atoms with Crippen molar-refractivity contribution in [2.45, 2.75) is 32.2 Å². The van der Waals surface area contributed by atoms with Gasteiger partial charge in [0.25, 0.3) is 0 Å². The first-order chi connectivity index (χ1) is 8.02. The summed E-state index contributed by atoms with van der Waals surface area (Å²) in [5.41, 5.74) is 0. The van der Waals surface area contributed by atoms with Crippen LogP contribution in [-0.4, -0.2) is 55.4 Å². The van der Waals surface area contributed by atoms with Crippen LogP contribution in [0, 0.1) is 0 Å². The monoisotopic (exact) mass is 246 g/mol. The number of unbranched alkanes of at least 4 members (excludes halogenated alkanes) is 1. The molecule has 0 heterocycles. The number of rotatable bonds is 8. The van der Waals surface area contributed by atoms with E-state index in [0.29, 0.717) is 19.6 Å². The Labute approximate surface area is 102 Å². The predicted molar refractivity (Wildman–Crippen MR) is 64.0 cm³/mol. The number of methoxy groups -OCH3 is 1. The molecule has 6 nitrogen and oxygen atoms in total. The SMILES string of the molecule is CCCCC(NC(=O)N(C)CCOC)C(=O)O. The predicted octanol–water partition coefficient (Wildman–Crippen LogP) is 0.918. The molecular formula is C11H22N2O4. The zero-order valence-corrected chi connectivity index (χ0v) is 10.7. The molecule has 0 aliphatic heterocycles. The van der Waals surface area contributed by atoms with Gasteiger partial charge in [0.05, 0.1) is 6.61 Å². The van der Waals surface area contributed by atoms with E-state index in [1.807, 2.05) is 6.92 Å². The van der Waals surface area contributed by atoms with Gasteiger partial charge in [-0.05, 0) is 6.42 Å². The topological polar surface area (TPSA) is 78.9 Å². The summed E-state index contributed by atoms with van der Waals surface area (Å²) in [6.07, 6.45) is 2.13. The molecule has 0 saturated heterocycles. The summed E-state index contributed by atoms with van der Waals surface area (Å²) < 4.78 is 4.84. The number of likely N-dealkylation sites (N-methyl/N-ethyl adjacent to an activating group) is 1. The Morgan fingerprint density at radius 3 is 2.59 bits per heavy atom. The van der Waals surface area contributed by atoms with Gasteiger partial charge in [-0.15, -0.1) is 0 Å². The van der Waals surface area contributed by atoms with Crippen molar-refractivity contribution in [3.63, 3.8) is 0 Å². The van der Waals surface area contributed by atoms with Gasteiger partial charge in [0, 0.05) is 20.7 Å². The molecule has 0 aromatic heterocycles. The minimum absolute atomic E-state index is 0.384. The Balaban J connectivity index is 4.15. The van der Waals surface area contributed by atoms with Gasteiger partial charge in [0.15, 0.2) is 0 Å². The van der Waals surface area contributed by atoms with Crippen molar-refractivity contribution < 1.29 is 19.4 Å². The number of urea groups is 1. The van der Waals surface area contributed by atoms with Gasteiger partial charge in [0.1, 0.15) is 6.04 Å². The van der Waals surface area contributed by atoms with Gasteiger partial charge in [-0.3, -0.25) is 0 Å². The maximum atomic E-state index is 11.6. The Hall–Kier alpha value is -1.30. The van der Waals surface area contributed by atoms with Crippen LogP contribution in [0.25, 0.3) is 0 Å². The third-order valence-corrected chi connectivity index (χ3v) is 2.42. The molecule has 0 saturated carbocycles. The van der Waals surface area contributed by atoms with Crippen molar-refractivity contribution in [3.8, 4) is 0 Å². The molecular weight excluding hydrogens is 224 g/mol. The molecule has 2 amide bonds. The number of nitrogens with zero attached hydrogens (tertiary/aromatic N) is 1. The Morgan fingerprint density at radius 1 is 1.47 bits per heavy atom. The van der Waals surface area contributed by atoms with Crippen LogP contribution in [0.3, 0.4) is 0 Å². The lowest BCUT2D eigenvalue weighted by molar-refractivity contribution is -0.139. The maximum Gasteiger partial charge on any atom is 0.326 e. The molecule has 0 spiro atoms. The van der Waals surface area contributed by atoms with E-state index >= 15 is 0 Å². The normalized spacial score (nSPS) is 11.9. The van der Waals surface area contributed by atoms with Crippen molar-refractivity contribution in [2.24, 2.45) is 0 Å². The zero-order valence-electron chi connectivity index (χ0n) is 10.7. The lowest BCUT2D eigenvalue weighted by Crippen LogP contribution is -2.47. The molecule has 2 N–H and O–H groups in total. The van der Waals surface area contributed by atoms with Crippen LogP contribution in [-0.2, 0) is 9.53 Å². The van der Waals surface area contributed by atoms with Gasteiger partial charge in [-0.2, -0.15) is 0 Å². The standard InChI is InChI=1S/C11H22N2O4/c1-4-5-6-9(10(14)15)12-11(16)13(2)7-8-17-3/h9H,4-8H2,1-3H3,(H,12,16)(H,14,15). The van der Waals surface area contributed by atoms with E-state index < -0.39 is 12.0 Å². The number of ether oxygens (including phenoxy) is 1. The van der Waals surface area contributed by atoms with Gasteiger partial charge in [0.2, 0.25) is 0 Å². The molecule has 1 unspecified atom stereocenters. The third kappa shape index (κ3) is 6.78. The number of hydrogen-bond donors (Lipinski definition) is 2. The van der Waals surface area contributed by atoms with Crippen LogP contribution in [0.1, 0.15) is 26.2 Å². The smallest absolute Gasteiger partial charge is 0.326 e. The van der Waals surface area contributed by atoms with Crippen molar-refractivity contribution in [1.82, 2.24) is 10.2 Å². The van der Waals surface area contributed by atoms with Crippen LogP contribution >= 0.6 is 0 Å². The fraction of sp³-hybridized carbons (Fsp3) is 0.818. The number of carbonyl (C=O) groups excluding carboxylic acids is 1. The van der Waals surface area contributed by atoms with Crippen LogP contribution in [0.15, 0.2) is 0 Å². The second-order valence-corrected chi connectivity index (χ2v) is 3.90. The van der Waals surface area contributed by atoms with E-state index in [-0.39, 0.29) is 6.03 Å². The molecule has 0 aliphatic rings. The summed E-state index contributed by atoms with van der Waals surface area (Å²) in [7, 11) is 3.15. The van der Waals surface area contributed by atoms with Crippen LogP contribution < -0.4 is 5.32 Å². The summed E-state index contributed by atoms with van der Waals surface area (Å²) in [4.78, 5) is 24.0. The van der Waals surface area contributed by atoms with E-state index in [2.05, 4.69) is 5.32 Å². The lowest BCUT2D eigenvalue weighted by atomic mass is 10.1. The molecule has 0 rings (SSSR count). The highest BCUT2D eigenvalue weighted by molar-refractivity contribution is 5.82. The molecule has 0 bridgehead atoms. The van der Waals surface area contributed by atoms with Gasteiger partial charge >= 0.3 is 12.0 Å². The molecule has 17 heavy (non-hydrogen) atoms. The Kier molecular flexibility index (Phi) is 8.13. The third-order valence-electron chi connectivity index (χ3n) is 2.42. The van der Waals surface area contributed by atoms with Gasteiger partial charge in [-0.1, -0.05) is 19.8 Å². The number of carbonyl (C=O) groups is 2. The molecule has 0 aromatic rings. The molecule has 6 heteroatoms. The second kappa shape index (κ2) is 8.81. The van der Waals surface area contributed by atoms with Gasteiger partial charge < -0.3 is 20.1 Å². The van der Waals surface area contributed by atoms with E-state index in [9.17, 15) is 9.59 Å². The van der Waals surface area contributed by atoms with E-state index in [0.717, 1.165) is 12.8 Å². The van der Waals surface area contributed by atoms with Crippen LogP contribution in [0.4, 0.5) is 4.79 Å². The minimum atomic E-state index is -0.994. The number of aliphatic carboxylic acids is 1. The first-order valence-electron chi connectivity index (χ1n) is 5.76. The highest BCUT2D eigenvalue weighted by Crippen LogP contribution is 2.01. The summed E-state index contributed by atoms with van der Waals surface area (Å²) >= 11 is 0. The molecule has 1 atom stereocenters. The van der Waals surface area contributed by atoms with Crippen molar-refractivity contribution in [3.05, 3.63) is 0 Å². The average molecular weight is 246 g/mol. The molecule has 0 aliphatic carbocycles.